The van der Waals surface area contributed by atoms with Crippen LogP contribution in [0.15, 0.2) is 44.3 Å². The Kier molecular flexibility index (Phi) is 5.31. The molecule has 2 aromatic heterocycles. The number of aromatic nitrogens is 2. The minimum atomic E-state index is -0.311. The quantitative estimate of drug-likeness (QED) is 0.688. The zero-order chi connectivity index (χ0) is 18.0. The van der Waals surface area contributed by atoms with Gasteiger partial charge in [-0.15, -0.1) is 11.3 Å². The average Bonchev–Trinajstić information content (AvgIpc) is 3.01. The van der Waals surface area contributed by atoms with E-state index < -0.39 is 0 Å². The summed E-state index contributed by atoms with van der Waals surface area (Å²) in [5.41, 5.74) is 1.20. The van der Waals surface area contributed by atoms with Crippen molar-refractivity contribution < 1.29 is 4.79 Å². The number of nitrogens with zero attached hydrogens (tertiary/aromatic N) is 3. The molecule has 1 aromatic carbocycles. The van der Waals surface area contributed by atoms with Gasteiger partial charge in [-0.1, -0.05) is 18.2 Å². The van der Waals surface area contributed by atoms with Crippen molar-refractivity contribution in [2.24, 2.45) is 0 Å². The third kappa shape index (κ3) is 3.81. The lowest BCUT2D eigenvalue weighted by atomic mass is 10.1. The summed E-state index contributed by atoms with van der Waals surface area (Å²) in [6, 6.07) is 9.09. The number of hydrogen-bond donors (Lipinski definition) is 1. The molecule has 25 heavy (non-hydrogen) atoms. The highest BCUT2D eigenvalue weighted by molar-refractivity contribution is 9.11. The predicted molar refractivity (Wildman–Crippen MR) is 103 cm³/mol. The van der Waals surface area contributed by atoms with Crippen LogP contribution >= 0.6 is 27.3 Å². The van der Waals surface area contributed by atoms with Crippen LogP contribution in [0.4, 0.5) is 0 Å². The number of fused-ring (bicyclic) bond motifs is 1. The molecule has 3 aromatic rings. The van der Waals surface area contributed by atoms with Crippen molar-refractivity contribution in [3.63, 3.8) is 0 Å². The Bertz CT molecular complexity index is 982. The summed E-state index contributed by atoms with van der Waals surface area (Å²) in [6.45, 7) is 0.972. The first-order valence-electron chi connectivity index (χ1n) is 7.63. The molecule has 0 aliphatic heterocycles. The molecule has 1 N–H and O–H groups in total. The van der Waals surface area contributed by atoms with E-state index in [4.69, 9.17) is 0 Å². The summed E-state index contributed by atoms with van der Waals surface area (Å²) in [5, 5.41) is 10.00. The summed E-state index contributed by atoms with van der Waals surface area (Å²) in [4.78, 5) is 26.9. The molecule has 3 rings (SSSR count). The molecule has 6 nitrogen and oxygen atoms in total. The first-order valence-corrected chi connectivity index (χ1v) is 9.30. The smallest absolute Gasteiger partial charge is 0.275 e. The van der Waals surface area contributed by atoms with E-state index in [0.717, 1.165) is 9.35 Å². The molecule has 0 aliphatic carbocycles. The largest absolute Gasteiger partial charge is 0.354 e. The molecule has 0 radical (unpaired) electrons. The number of hydrogen-bond acceptors (Lipinski definition) is 5. The monoisotopic (exact) mass is 420 g/mol. The van der Waals surface area contributed by atoms with Crippen LogP contribution < -0.4 is 10.9 Å². The maximum Gasteiger partial charge on any atom is 0.275 e. The van der Waals surface area contributed by atoms with Gasteiger partial charge in [0, 0.05) is 19.0 Å². The van der Waals surface area contributed by atoms with Crippen molar-refractivity contribution in [2.75, 3.05) is 14.1 Å². The third-order valence-corrected chi connectivity index (χ3v) is 5.31. The van der Waals surface area contributed by atoms with Crippen LogP contribution in [0.25, 0.3) is 10.8 Å². The molecule has 0 saturated heterocycles. The Morgan fingerprint density at radius 1 is 1.36 bits per heavy atom. The summed E-state index contributed by atoms with van der Waals surface area (Å²) in [7, 11) is 3.46. The lowest BCUT2D eigenvalue weighted by molar-refractivity contribution is 0.0956. The molecule has 0 saturated carbocycles. The maximum atomic E-state index is 12.7. The fraction of sp³-hybridized carbons (Fsp3) is 0.235. The maximum absolute atomic E-state index is 12.7. The Morgan fingerprint density at radius 3 is 2.72 bits per heavy atom. The van der Waals surface area contributed by atoms with Gasteiger partial charge in [0.1, 0.15) is 0 Å². The van der Waals surface area contributed by atoms with Gasteiger partial charge in [0.05, 0.1) is 15.8 Å². The van der Waals surface area contributed by atoms with Crippen LogP contribution in [0, 0.1) is 0 Å². The molecular formula is C17H17BrN4O2S. The van der Waals surface area contributed by atoms with Gasteiger partial charge in [0.25, 0.3) is 11.5 Å². The van der Waals surface area contributed by atoms with Gasteiger partial charge in [-0.2, -0.15) is 5.10 Å². The second-order valence-electron chi connectivity index (χ2n) is 5.69. The lowest BCUT2D eigenvalue weighted by Crippen LogP contribution is -2.34. The minimum absolute atomic E-state index is 0.207. The standard InChI is InChI=1S/C17H17BrN4O2S/c1-19-16(23)15-12-5-3-4-6-13(12)17(24)22(20-15)10-21(2)8-11-7-14(18)25-9-11/h3-7,9H,8,10H2,1-2H3,(H,19,23). The number of benzene rings is 1. The zero-order valence-electron chi connectivity index (χ0n) is 13.8. The van der Waals surface area contributed by atoms with Crippen molar-refractivity contribution in [3.8, 4) is 0 Å². The number of nitrogens with one attached hydrogen (secondary N) is 1. The zero-order valence-corrected chi connectivity index (χ0v) is 16.2. The van der Waals surface area contributed by atoms with Crippen molar-refractivity contribution in [2.45, 2.75) is 13.2 Å². The molecule has 0 aliphatic rings. The normalized spacial score (nSPS) is 11.2. The highest BCUT2D eigenvalue weighted by Gasteiger charge is 2.16. The van der Waals surface area contributed by atoms with Gasteiger partial charge in [-0.3, -0.25) is 14.5 Å². The number of amides is 1. The Balaban J connectivity index is 1.96. The van der Waals surface area contributed by atoms with Crippen molar-refractivity contribution in [1.82, 2.24) is 20.0 Å². The highest BCUT2D eigenvalue weighted by atomic mass is 79.9. The van der Waals surface area contributed by atoms with E-state index in [2.05, 4.69) is 31.7 Å². The second kappa shape index (κ2) is 7.47. The Morgan fingerprint density at radius 2 is 2.08 bits per heavy atom. The second-order valence-corrected chi connectivity index (χ2v) is 7.98. The molecule has 2 heterocycles. The van der Waals surface area contributed by atoms with Crippen LogP contribution in [-0.4, -0.2) is 34.7 Å². The molecule has 130 valence electrons. The summed E-state index contributed by atoms with van der Waals surface area (Å²) in [5.74, 6) is -0.311. The summed E-state index contributed by atoms with van der Waals surface area (Å²) in [6.07, 6.45) is 0. The highest BCUT2D eigenvalue weighted by Crippen LogP contribution is 2.21. The summed E-state index contributed by atoms with van der Waals surface area (Å²) < 4.78 is 2.41. The van der Waals surface area contributed by atoms with Crippen LogP contribution in [0.5, 0.6) is 0 Å². The van der Waals surface area contributed by atoms with Gasteiger partial charge in [-0.25, -0.2) is 4.68 Å². The fourth-order valence-corrected chi connectivity index (χ4v) is 3.84. The Labute approximate surface area is 157 Å². The number of halogens is 1. The van der Waals surface area contributed by atoms with E-state index in [9.17, 15) is 9.59 Å². The number of rotatable bonds is 5. The average molecular weight is 421 g/mol. The van der Waals surface area contributed by atoms with E-state index in [1.165, 1.54) is 4.68 Å². The molecule has 8 heteroatoms. The van der Waals surface area contributed by atoms with Gasteiger partial charge in [0.2, 0.25) is 0 Å². The van der Waals surface area contributed by atoms with Crippen molar-refractivity contribution in [3.05, 3.63) is 61.1 Å². The van der Waals surface area contributed by atoms with Crippen LogP contribution in [0.3, 0.4) is 0 Å². The number of carbonyl (C=O) groups excluding carboxylic acids is 1. The molecular weight excluding hydrogens is 404 g/mol. The van der Waals surface area contributed by atoms with Crippen LogP contribution in [0.2, 0.25) is 0 Å². The molecule has 0 spiro atoms. The molecule has 0 unspecified atom stereocenters. The lowest BCUT2D eigenvalue weighted by Gasteiger charge is -2.18. The van der Waals surface area contributed by atoms with E-state index in [1.807, 2.05) is 18.0 Å². The number of carbonyl (C=O) groups is 1. The van der Waals surface area contributed by atoms with Gasteiger partial charge in [0.15, 0.2) is 5.69 Å². The minimum Gasteiger partial charge on any atom is -0.354 e. The van der Waals surface area contributed by atoms with E-state index in [0.29, 0.717) is 24.0 Å². The van der Waals surface area contributed by atoms with Crippen molar-refractivity contribution in [1.29, 1.82) is 0 Å². The first-order chi connectivity index (χ1) is 12.0. The van der Waals surface area contributed by atoms with E-state index >= 15 is 0 Å². The molecule has 1 amide bonds. The topological polar surface area (TPSA) is 67.2 Å². The van der Waals surface area contributed by atoms with Gasteiger partial charge < -0.3 is 5.32 Å². The molecule has 0 fully saturated rings. The fourth-order valence-electron chi connectivity index (χ4n) is 2.64. The predicted octanol–water partition coefficient (Wildman–Crippen LogP) is 2.67. The Hall–Kier alpha value is -2.03. The van der Waals surface area contributed by atoms with E-state index in [-0.39, 0.29) is 17.2 Å². The van der Waals surface area contributed by atoms with Gasteiger partial charge in [-0.05, 0) is 46.1 Å². The third-order valence-electron chi connectivity index (χ3n) is 3.76. The SMILES string of the molecule is CNC(=O)c1nn(CN(C)Cc2csc(Br)c2)c(=O)c2ccccc12. The van der Waals surface area contributed by atoms with E-state index in [1.54, 1.807) is 42.6 Å². The van der Waals surface area contributed by atoms with Crippen LogP contribution in [0.1, 0.15) is 16.1 Å². The van der Waals surface area contributed by atoms with Crippen LogP contribution in [-0.2, 0) is 13.2 Å². The van der Waals surface area contributed by atoms with Gasteiger partial charge >= 0.3 is 0 Å². The molecule has 0 atom stereocenters. The van der Waals surface area contributed by atoms with Crippen molar-refractivity contribution >= 4 is 43.9 Å². The molecule has 0 bridgehead atoms. The first kappa shape index (κ1) is 17.8. The number of thiophene rings is 1. The summed E-state index contributed by atoms with van der Waals surface area (Å²) >= 11 is 5.07.